The molecular weight excluding hydrogens is 312 g/mol. The number of nitrogens with zero attached hydrogens (tertiary/aromatic N) is 1. The Labute approximate surface area is 143 Å². The molecule has 2 unspecified atom stereocenters. The van der Waals surface area contributed by atoms with E-state index in [1.54, 1.807) is 6.92 Å². The fourth-order valence-electron chi connectivity index (χ4n) is 2.59. The Morgan fingerprint density at radius 3 is 2.58 bits per heavy atom. The maximum absolute atomic E-state index is 13.9. The number of halogens is 2. The highest BCUT2D eigenvalue weighted by Gasteiger charge is 2.14. The van der Waals surface area contributed by atoms with Gasteiger partial charge in [-0.15, -0.1) is 0 Å². The van der Waals surface area contributed by atoms with Gasteiger partial charge in [0.05, 0.1) is 6.04 Å². The minimum atomic E-state index is -0.588. The van der Waals surface area contributed by atoms with Crippen molar-refractivity contribution in [2.24, 2.45) is 10.9 Å². The second-order valence-corrected chi connectivity index (χ2v) is 5.92. The summed E-state index contributed by atoms with van der Waals surface area (Å²) in [6, 6.07) is 3.23. The number of rotatable bonds is 9. The van der Waals surface area contributed by atoms with E-state index in [4.69, 9.17) is 5.11 Å². The first-order chi connectivity index (χ1) is 11.5. The second kappa shape index (κ2) is 11.0. The molecule has 0 aliphatic rings. The molecule has 0 aliphatic carbocycles. The maximum Gasteiger partial charge on any atom is 0.191 e. The van der Waals surface area contributed by atoms with Gasteiger partial charge in [-0.2, -0.15) is 0 Å². The van der Waals surface area contributed by atoms with Crippen LogP contribution in [0.15, 0.2) is 23.2 Å². The number of benzene rings is 1. The number of aliphatic hydroxyl groups is 1. The Bertz CT molecular complexity index is 517. The van der Waals surface area contributed by atoms with E-state index in [0.29, 0.717) is 30.5 Å². The van der Waals surface area contributed by atoms with Crippen LogP contribution >= 0.6 is 0 Å². The van der Waals surface area contributed by atoms with E-state index in [1.807, 2.05) is 6.92 Å². The number of aliphatic imine (C=N–C) groups is 1. The van der Waals surface area contributed by atoms with E-state index in [-0.39, 0.29) is 12.6 Å². The molecule has 0 bridgehead atoms. The molecule has 0 saturated carbocycles. The molecule has 6 heteroatoms. The van der Waals surface area contributed by atoms with Crippen molar-refractivity contribution in [1.82, 2.24) is 10.6 Å². The molecule has 0 fully saturated rings. The average molecular weight is 341 g/mol. The molecule has 24 heavy (non-hydrogen) atoms. The summed E-state index contributed by atoms with van der Waals surface area (Å²) in [5, 5.41) is 15.4. The first kappa shape index (κ1) is 20.4. The predicted molar refractivity (Wildman–Crippen MR) is 94.0 cm³/mol. The molecule has 2 atom stereocenters. The lowest BCUT2D eigenvalue weighted by Gasteiger charge is -2.20. The minimum Gasteiger partial charge on any atom is -0.396 e. The van der Waals surface area contributed by atoms with Gasteiger partial charge in [0.25, 0.3) is 0 Å². The van der Waals surface area contributed by atoms with Gasteiger partial charge in [-0.25, -0.2) is 8.78 Å². The van der Waals surface area contributed by atoms with Gasteiger partial charge in [-0.3, -0.25) is 4.99 Å². The molecule has 0 spiro atoms. The van der Waals surface area contributed by atoms with E-state index in [1.165, 1.54) is 12.1 Å². The van der Waals surface area contributed by atoms with Gasteiger partial charge in [0.1, 0.15) is 11.6 Å². The second-order valence-electron chi connectivity index (χ2n) is 5.92. The van der Waals surface area contributed by atoms with E-state index in [0.717, 1.165) is 25.3 Å². The molecule has 0 saturated heterocycles. The molecular formula is C18H29F2N3O. The van der Waals surface area contributed by atoms with Crippen LogP contribution in [0.25, 0.3) is 0 Å². The van der Waals surface area contributed by atoms with Crippen molar-refractivity contribution in [2.45, 2.75) is 46.1 Å². The van der Waals surface area contributed by atoms with Gasteiger partial charge in [0.15, 0.2) is 5.96 Å². The van der Waals surface area contributed by atoms with E-state index in [9.17, 15) is 8.78 Å². The van der Waals surface area contributed by atoms with Gasteiger partial charge >= 0.3 is 0 Å². The number of hydrogen-bond acceptors (Lipinski definition) is 2. The van der Waals surface area contributed by atoms with Gasteiger partial charge < -0.3 is 15.7 Å². The third-order valence-corrected chi connectivity index (χ3v) is 3.87. The topological polar surface area (TPSA) is 56.7 Å². The standard InChI is InChI=1S/C18H29F2N3O/c1-4-6-14(9-10-24)12-22-18(21-5-2)23-13(3)16-8-7-15(19)11-17(16)20/h7-8,11,13-14,24H,4-6,9-10,12H2,1-3H3,(H2,21,22,23). The van der Waals surface area contributed by atoms with Gasteiger partial charge in [0, 0.05) is 31.3 Å². The number of hydrogen-bond donors (Lipinski definition) is 3. The van der Waals surface area contributed by atoms with Crippen LogP contribution in [0.2, 0.25) is 0 Å². The zero-order chi connectivity index (χ0) is 17.9. The first-order valence-electron chi connectivity index (χ1n) is 8.62. The van der Waals surface area contributed by atoms with Crippen LogP contribution in [0, 0.1) is 17.6 Å². The lowest BCUT2D eigenvalue weighted by Crippen LogP contribution is -2.39. The van der Waals surface area contributed by atoms with Crippen molar-refractivity contribution in [1.29, 1.82) is 0 Å². The van der Waals surface area contributed by atoms with Crippen LogP contribution in [0.3, 0.4) is 0 Å². The molecule has 0 aromatic heterocycles. The molecule has 1 aromatic carbocycles. The van der Waals surface area contributed by atoms with Crippen LogP contribution in [0.5, 0.6) is 0 Å². The van der Waals surface area contributed by atoms with Crippen molar-refractivity contribution >= 4 is 5.96 Å². The van der Waals surface area contributed by atoms with Gasteiger partial charge in [0.2, 0.25) is 0 Å². The molecule has 0 radical (unpaired) electrons. The normalized spacial score (nSPS) is 14.3. The van der Waals surface area contributed by atoms with Gasteiger partial charge in [-0.1, -0.05) is 19.4 Å². The summed E-state index contributed by atoms with van der Waals surface area (Å²) in [4.78, 5) is 4.55. The first-order valence-corrected chi connectivity index (χ1v) is 8.62. The zero-order valence-electron chi connectivity index (χ0n) is 14.8. The third kappa shape index (κ3) is 6.83. The highest BCUT2D eigenvalue weighted by Crippen LogP contribution is 2.17. The molecule has 3 N–H and O–H groups in total. The van der Waals surface area contributed by atoms with E-state index >= 15 is 0 Å². The smallest absolute Gasteiger partial charge is 0.191 e. The third-order valence-electron chi connectivity index (χ3n) is 3.87. The Kier molecular flexibility index (Phi) is 9.30. The fraction of sp³-hybridized carbons (Fsp3) is 0.611. The summed E-state index contributed by atoms with van der Waals surface area (Å²) in [6.07, 6.45) is 2.77. The average Bonchev–Trinajstić information content (AvgIpc) is 2.52. The quantitative estimate of drug-likeness (QED) is 0.477. The van der Waals surface area contributed by atoms with E-state index in [2.05, 4.69) is 22.5 Å². The summed E-state index contributed by atoms with van der Waals surface area (Å²) in [5.74, 6) is -0.244. The molecule has 1 rings (SSSR count). The van der Waals surface area contributed by atoms with Crippen LogP contribution in [0.4, 0.5) is 8.78 Å². The minimum absolute atomic E-state index is 0.154. The van der Waals surface area contributed by atoms with Crippen molar-refractivity contribution in [3.63, 3.8) is 0 Å². The van der Waals surface area contributed by atoms with E-state index < -0.39 is 11.6 Å². The van der Waals surface area contributed by atoms with Crippen LogP contribution in [0.1, 0.15) is 51.6 Å². The van der Waals surface area contributed by atoms with Crippen LogP contribution in [-0.4, -0.2) is 30.8 Å². The summed E-state index contributed by atoms with van der Waals surface area (Å²) in [6.45, 7) is 7.31. The summed E-state index contributed by atoms with van der Waals surface area (Å²) in [5.41, 5.74) is 0.391. The SMILES string of the molecule is CCCC(CCO)CN=C(NCC)NC(C)c1ccc(F)cc1F. The lowest BCUT2D eigenvalue weighted by atomic mass is 10.0. The summed E-state index contributed by atoms with van der Waals surface area (Å²) in [7, 11) is 0. The molecule has 0 amide bonds. The van der Waals surface area contributed by atoms with Crippen molar-refractivity contribution in [3.8, 4) is 0 Å². The van der Waals surface area contributed by atoms with Gasteiger partial charge in [-0.05, 0) is 38.7 Å². The summed E-state index contributed by atoms with van der Waals surface area (Å²) >= 11 is 0. The lowest BCUT2D eigenvalue weighted by molar-refractivity contribution is 0.253. The zero-order valence-corrected chi connectivity index (χ0v) is 14.8. The maximum atomic E-state index is 13.9. The number of aliphatic hydroxyl groups excluding tert-OH is 1. The van der Waals surface area contributed by atoms with Crippen molar-refractivity contribution in [2.75, 3.05) is 19.7 Å². The molecule has 136 valence electrons. The fourth-order valence-corrected chi connectivity index (χ4v) is 2.59. The van der Waals surface area contributed by atoms with Crippen LogP contribution < -0.4 is 10.6 Å². The Balaban J connectivity index is 2.77. The Hall–Kier alpha value is -1.69. The van der Waals surface area contributed by atoms with Crippen molar-refractivity contribution in [3.05, 3.63) is 35.4 Å². The molecule has 4 nitrogen and oxygen atoms in total. The Morgan fingerprint density at radius 2 is 2.00 bits per heavy atom. The molecule has 0 heterocycles. The predicted octanol–water partition coefficient (Wildman–Crippen LogP) is 3.38. The monoisotopic (exact) mass is 341 g/mol. The van der Waals surface area contributed by atoms with Crippen LogP contribution in [-0.2, 0) is 0 Å². The highest BCUT2D eigenvalue weighted by molar-refractivity contribution is 5.80. The molecule has 0 aliphatic heterocycles. The summed E-state index contributed by atoms with van der Waals surface area (Å²) < 4.78 is 26.9. The van der Waals surface area contributed by atoms with Crippen molar-refractivity contribution < 1.29 is 13.9 Å². The largest absolute Gasteiger partial charge is 0.396 e. The molecule has 1 aromatic rings. The Morgan fingerprint density at radius 1 is 1.25 bits per heavy atom. The highest BCUT2D eigenvalue weighted by atomic mass is 19.1. The number of nitrogens with one attached hydrogen (secondary N) is 2. The number of guanidine groups is 1.